The molecule has 1 aliphatic heterocycles. The lowest BCUT2D eigenvalue weighted by Gasteiger charge is -2.31. The summed E-state index contributed by atoms with van der Waals surface area (Å²) in [6.45, 7) is 11.5. The third kappa shape index (κ3) is 2.30. The number of rotatable bonds is 3. The number of ether oxygens (including phenoxy) is 1. The van der Waals surface area contributed by atoms with Crippen molar-refractivity contribution in [3.63, 3.8) is 0 Å². The van der Waals surface area contributed by atoms with E-state index in [4.69, 9.17) is 4.74 Å². The van der Waals surface area contributed by atoms with Crippen LogP contribution in [0.4, 0.5) is 0 Å². The number of hydrogen-bond acceptors (Lipinski definition) is 3. The van der Waals surface area contributed by atoms with Gasteiger partial charge < -0.3 is 10.1 Å². The molecule has 1 aliphatic carbocycles. The molecule has 0 unspecified atom stereocenters. The molecular formula is C19H28N2O2. The molecule has 2 atom stereocenters. The zero-order valence-electron chi connectivity index (χ0n) is 14.8. The quantitative estimate of drug-likeness (QED) is 0.928. The van der Waals surface area contributed by atoms with E-state index in [9.17, 15) is 4.79 Å². The molecule has 2 heterocycles. The van der Waals surface area contributed by atoms with Crippen LogP contribution in [0.5, 0.6) is 0 Å². The molecule has 2 aliphatic rings. The van der Waals surface area contributed by atoms with Gasteiger partial charge in [0, 0.05) is 25.0 Å². The summed E-state index contributed by atoms with van der Waals surface area (Å²) in [5.41, 5.74) is 0.836. The van der Waals surface area contributed by atoms with E-state index in [1.165, 1.54) is 0 Å². The number of nitrogens with one attached hydrogen (secondary N) is 1. The molecule has 1 N–H and O–H groups in total. The first-order chi connectivity index (χ1) is 10.7. The maximum absolute atomic E-state index is 12.9. The fraction of sp³-hybridized carbons (Fsp3) is 0.684. The van der Waals surface area contributed by atoms with Crippen LogP contribution in [-0.4, -0.2) is 23.5 Å². The zero-order chi connectivity index (χ0) is 16.9. The summed E-state index contributed by atoms with van der Waals surface area (Å²) in [5, 5.41) is 3.29. The number of nitrogens with zero attached hydrogens (tertiary/aromatic N) is 1. The molecule has 0 bridgehead atoms. The monoisotopic (exact) mass is 316 g/mol. The van der Waals surface area contributed by atoms with Crippen molar-refractivity contribution in [3.05, 3.63) is 30.1 Å². The highest BCUT2D eigenvalue weighted by molar-refractivity contribution is 5.88. The molecular weight excluding hydrogens is 288 g/mol. The van der Waals surface area contributed by atoms with Crippen molar-refractivity contribution < 1.29 is 9.53 Å². The second-order valence-electron chi connectivity index (χ2n) is 8.22. The summed E-state index contributed by atoms with van der Waals surface area (Å²) in [7, 11) is 0. The van der Waals surface area contributed by atoms with Gasteiger partial charge in [0.15, 0.2) is 0 Å². The Morgan fingerprint density at radius 3 is 2.52 bits per heavy atom. The molecule has 23 heavy (non-hydrogen) atoms. The molecule has 1 aromatic rings. The van der Waals surface area contributed by atoms with Crippen LogP contribution in [0, 0.1) is 16.2 Å². The van der Waals surface area contributed by atoms with Crippen molar-refractivity contribution in [1.29, 1.82) is 0 Å². The molecule has 0 spiro atoms. The number of pyridine rings is 1. The van der Waals surface area contributed by atoms with Crippen LogP contribution >= 0.6 is 0 Å². The van der Waals surface area contributed by atoms with Crippen LogP contribution in [0.2, 0.25) is 0 Å². The van der Waals surface area contributed by atoms with E-state index >= 15 is 0 Å². The Kier molecular flexibility index (Phi) is 3.79. The standard InChI is InChI=1S/C19H28N2O2/c1-17(2)18(3,4)19(17,5)16(22)21-14-8-10-23-15(11-14)13-7-6-9-20-12-13/h6-7,9,12,14-15H,8,10-11H2,1-5H3,(H,21,22)/t14-,15-/m1/s1. The van der Waals surface area contributed by atoms with Crippen LogP contribution in [-0.2, 0) is 9.53 Å². The molecule has 1 saturated carbocycles. The van der Waals surface area contributed by atoms with E-state index in [1.807, 2.05) is 18.3 Å². The van der Waals surface area contributed by atoms with Gasteiger partial charge in [-0.2, -0.15) is 0 Å². The average molecular weight is 316 g/mol. The minimum atomic E-state index is -0.303. The van der Waals surface area contributed by atoms with Crippen molar-refractivity contribution in [2.45, 2.75) is 59.6 Å². The lowest BCUT2D eigenvalue weighted by atomic mass is 9.93. The van der Waals surface area contributed by atoms with Crippen LogP contribution < -0.4 is 5.32 Å². The minimum Gasteiger partial charge on any atom is -0.373 e. The third-order valence-electron chi connectivity index (χ3n) is 7.13. The smallest absolute Gasteiger partial charge is 0.227 e. The average Bonchev–Trinajstić information content (AvgIpc) is 2.86. The first kappa shape index (κ1) is 16.4. The van der Waals surface area contributed by atoms with Gasteiger partial charge in [-0.25, -0.2) is 0 Å². The maximum Gasteiger partial charge on any atom is 0.227 e. The van der Waals surface area contributed by atoms with Crippen LogP contribution in [0.15, 0.2) is 24.5 Å². The van der Waals surface area contributed by atoms with Crippen molar-refractivity contribution in [2.24, 2.45) is 16.2 Å². The van der Waals surface area contributed by atoms with E-state index in [-0.39, 0.29) is 34.3 Å². The Balaban J connectivity index is 1.66. The molecule has 0 radical (unpaired) electrons. The Labute approximate surface area is 139 Å². The summed E-state index contributed by atoms with van der Waals surface area (Å²) < 4.78 is 5.87. The van der Waals surface area contributed by atoms with Gasteiger partial charge in [0.05, 0.1) is 11.5 Å². The van der Waals surface area contributed by atoms with Crippen LogP contribution in [0.3, 0.4) is 0 Å². The lowest BCUT2D eigenvalue weighted by molar-refractivity contribution is -0.129. The predicted octanol–water partition coefficient (Wildman–Crippen LogP) is 3.49. The lowest BCUT2D eigenvalue weighted by Crippen LogP contribution is -2.44. The second-order valence-corrected chi connectivity index (χ2v) is 8.22. The van der Waals surface area contributed by atoms with Crippen molar-refractivity contribution in [3.8, 4) is 0 Å². The topological polar surface area (TPSA) is 51.2 Å². The van der Waals surface area contributed by atoms with Crippen molar-refractivity contribution in [1.82, 2.24) is 10.3 Å². The maximum atomic E-state index is 12.9. The van der Waals surface area contributed by atoms with Gasteiger partial charge in [0.25, 0.3) is 0 Å². The van der Waals surface area contributed by atoms with E-state index in [0.717, 1.165) is 18.4 Å². The van der Waals surface area contributed by atoms with Crippen LogP contribution in [0.1, 0.15) is 59.1 Å². The van der Waals surface area contributed by atoms with Gasteiger partial charge in [-0.1, -0.05) is 33.8 Å². The molecule has 1 saturated heterocycles. The normalized spacial score (nSPS) is 30.5. The van der Waals surface area contributed by atoms with Gasteiger partial charge in [-0.05, 0) is 42.2 Å². The predicted molar refractivity (Wildman–Crippen MR) is 89.8 cm³/mol. The van der Waals surface area contributed by atoms with Gasteiger partial charge in [0.2, 0.25) is 5.91 Å². The van der Waals surface area contributed by atoms with Gasteiger partial charge in [0.1, 0.15) is 0 Å². The number of aromatic nitrogens is 1. The fourth-order valence-electron chi connectivity index (χ4n) is 4.22. The zero-order valence-corrected chi connectivity index (χ0v) is 14.8. The largest absolute Gasteiger partial charge is 0.373 e. The van der Waals surface area contributed by atoms with Crippen LogP contribution in [0.25, 0.3) is 0 Å². The number of carbonyl (C=O) groups is 1. The van der Waals surface area contributed by atoms with E-state index in [2.05, 4.69) is 44.9 Å². The summed E-state index contributed by atoms with van der Waals surface area (Å²) >= 11 is 0. The highest BCUT2D eigenvalue weighted by Gasteiger charge is 2.78. The SMILES string of the molecule is CC1(C)C(C)(C)C1(C)C(=O)N[C@@H]1CCO[C@@H](c2cccnc2)C1. The number of amides is 1. The number of hydrogen-bond donors (Lipinski definition) is 1. The van der Waals surface area contributed by atoms with Gasteiger partial charge in [-0.15, -0.1) is 0 Å². The highest BCUT2D eigenvalue weighted by atomic mass is 16.5. The third-order valence-corrected chi connectivity index (χ3v) is 7.13. The van der Waals surface area contributed by atoms with Gasteiger partial charge >= 0.3 is 0 Å². The molecule has 1 amide bonds. The van der Waals surface area contributed by atoms with Crippen molar-refractivity contribution in [2.75, 3.05) is 6.61 Å². The molecule has 4 heteroatoms. The number of carbonyl (C=O) groups excluding carboxylic acids is 1. The van der Waals surface area contributed by atoms with E-state index in [0.29, 0.717) is 6.61 Å². The van der Waals surface area contributed by atoms with Gasteiger partial charge in [-0.3, -0.25) is 9.78 Å². The molecule has 126 valence electrons. The Bertz CT molecular complexity index is 581. The Hall–Kier alpha value is -1.42. The molecule has 3 rings (SSSR count). The second kappa shape index (κ2) is 5.30. The Morgan fingerprint density at radius 1 is 1.26 bits per heavy atom. The summed E-state index contributed by atoms with van der Waals surface area (Å²) in [6, 6.07) is 4.14. The fourth-order valence-corrected chi connectivity index (χ4v) is 4.22. The molecule has 1 aromatic heterocycles. The molecule has 4 nitrogen and oxygen atoms in total. The van der Waals surface area contributed by atoms with E-state index in [1.54, 1.807) is 6.20 Å². The molecule has 0 aromatic carbocycles. The first-order valence-electron chi connectivity index (χ1n) is 8.54. The summed E-state index contributed by atoms with van der Waals surface area (Å²) in [6.07, 6.45) is 5.33. The Morgan fingerprint density at radius 2 is 1.96 bits per heavy atom. The summed E-state index contributed by atoms with van der Waals surface area (Å²) in [4.78, 5) is 17.1. The van der Waals surface area contributed by atoms with E-state index < -0.39 is 0 Å². The molecule has 2 fully saturated rings. The van der Waals surface area contributed by atoms with Crippen molar-refractivity contribution >= 4 is 5.91 Å². The summed E-state index contributed by atoms with van der Waals surface area (Å²) in [5.74, 6) is 0.185. The highest BCUT2D eigenvalue weighted by Crippen LogP contribution is 2.77. The first-order valence-corrected chi connectivity index (χ1v) is 8.54. The minimum absolute atomic E-state index is 0.0239.